The van der Waals surface area contributed by atoms with Gasteiger partial charge < -0.3 is 5.32 Å². The molecule has 1 N–H and O–H groups in total. The van der Waals surface area contributed by atoms with Gasteiger partial charge in [0.2, 0.25) is 0 Å². The quantitative estimate of drug-likeness (QED) is 0.758. The van der Waals surface area contributed by atoms with Gasteiger partial charge in [0.25, 0.3) is 0 Å². The minimum Gasteiger partial charge on any atom is -0.309 e. The van der Waals surface area contributed by atoms with E-state index in [1.807, 2.05) is 12.3 Å². The summed E-state index contributed by atoms with van der Waals surface area (Å²) in [5.74, 6) is 0.801. The number of hydrogen-bond acceptors (Lipinski definition) is 3. The van der Waals surface area contributed by atoms with Crippen LogP contribution >= 0.6 is 0 Å². The summed E-state index contributed by atoms with van der Waals surface area (Å²) in [4.78, 5) is 8.21. The van der Waals surface area contributed by atoms with Crippen LogP contribution in [0.2, 0.25) is 0 Å². The average molecular weight is 177 g/mol. The van der Waals surface area contributed by atoms with Gasteiger partial charge in [-0.1, -0.05) is 6.92 Å². The van der Waals surface area contributed by atoms with Gasteiger partial charge in [-0.25, -0.2) is 9.97 Å². The molecule has 13 heavy (non-hydrogen) atoms. The number of nitrogens with zero attached hydrogens (tertiary/aromatic N) is 2. The molecule has 1 atom stereocenters. The van der Waals surface area contributed by atoms with Gasteiger partial charge in [-0.15, -0.1) is 0 Å². The molecule has 3 nitrogen and oxygen atoms in total. The topological polar surface area (TPSA) is 37.8 Å². The molecule has 0 radical (unpaired) electrons. The zero-order valence-electron chi connectivity index (χ0n) is 7.90. The highest BCUT2D eigenvalue weighted by molar-refractivity contribution is 5.09. The van der Waals surface area contributed by atoms with Crippen LogP contribution in [0.1, 0.15) is 31.5 Å². The van der Waals surface area contributed by atoms with Crippen molar-refractivity contribution in [1.82, 2.24) is 15.3 Å². The second-order valence-corrected chi connectivity index (χ2v) is 3.51. The van der Waals surface area contributed by atoms with E-state index in [2.05, 4.69) is 22.2 Å². The Bertz CT molecular complexity index is 256. The third-order valence-electron chi connectivity index (χ3n) is 2.44. The van der Waals surface area contributed by atoms with Gasteiger partial charge in [0.15, 0.2) is 0 Å². The first-order valence-corrected chi connectivity index (χ1v) is 4.91. The van der Waals surface area contributed by atoms with Crippen LogP contribution in [0.5, 0.6) is 0 Å². The molecule has 0 bridgehead atoms. The lowest BCUT2D eigenvalue weighted by Gasteiger charge is -2.15. The Morgan fingerprint density at radius 2 is 2.46 bits per heavy atom. The maximum Gasteiger partial charge on any atom is 0.115 e. The van der Waals surface area contributed by atoms with Gasteiger partial charge >= 0.3 is 0 Å². The maximum absolute atomic E-state index is 4.29. The van der Waals surface area contributed by atoms with Crippen molar-refractivity contribution in [2.75, 3.05) is 6.54 Å². The van der Waals surface area contributed by atoms with E-state index in [4.69, 9.17) is 0 Å². The summed E-state index contributed by atoms with van der Waals surface area (Å²) in [6.45, 7) is 3.14. The van der Waals surface area contributed by atoms with E-state index >= 15 is 0 Å². The van der Waals surface area contributed by atoms with Crippen LogP contribution in [0.25, 0.3) is 0 Å². The Balaban J connectivity index is 2.10. The summed E-state index contributed by atoms with van der Waals surface area (Å²) in [5, 5.41) is 3.47. The van der Waals surface area contributed by atoms with Gasteiger partial charge in [0.05, 0.1) is 11.7 Å². The molecule has 0 saturated heterocycles. The normalized spacial score (nSPS) is 18.5. The lowest BCUT2D eigenvalue weighted by atomic mass is 10.1. The average Bonchev–Trinajstić information content (AvgIpc) is 2.99. The van der Waals surface area contributed by atoms with Crippen LogP contribution in [0, 0.1) is 5.92 Å². The van der Waals surface area contributed by atoms with Crippen molar-refractivity contribution in [3.05, 3.63) is 24.3 Å². The summed E-state index contributed by atoms with van der Waals surface area (Å²) in [7, 11) is 0. The highest BCUT2D eigenvalue weighted by atomic mass is 15.0. The minimum absolute atomic E-state index is 0.452. The van der Waals surface area contributed by atoms with E-state index in [9.17, 15) is 0 Å². The van der Waals surface area contributed by atoms with Crippen molar-refractivity contribution in [2.45, 2.75) is 25.8 Å². The first-order valence-electron chi connectivity index (χ1n) is 4.91. The summed E-state index contributed by atoms with van der Waals surface area (Å²) in [6.07, 6.45) is 6.11. The molecule has 0 amide bonds. The minimum atomic E-state index is 0.452. The van der Waals surface area contributed by atoms with Crippen LogP contribution in [-0.4, -0.2) is 16.5 Å². The predicted octanol–water partition coefficient (Wildman–Crippen LogP) is 1.54. The number of rotatable bonds is 4. The first kappa shape index (κ1) is 8.63. The third kappa shape index (κ3) is 2.04. The molecule has 1 saturated carbocycles. The van der Waals surface area contributed by atoms with E-state index in [0.717, 1.165) is 18.2 Å². The Morgan fingerprint density at radius 3 is 3.00 bits per heavy atom. The van der Waals surface area contributed by atoms with E-state index in [0.29, 0.717) is 6.04 Å². The molecule has 0 aliphatic heterocycles. The summed E-state index contributed by atoms with van der Waals surface area (Å²) >= 11 is 0. The van der Waals surface area contributed by atoms with Gasteiger partial charge in [0, 0.05) is 6.20 Å². The van der Waals surface area contributed by atoms with Gasteiger partial charge in [-0.3, -0.25) is 0 Å². The molecule has 1 aromatic rings. The Labute approximate surface area is 78.6 Å². The molecule has 1 aromatic heterocycles. The number of hydrogen-bond donors (Lipinski definition) is 1. The fourth-order valence-electron chi connectivity index (χ4n) is 1.65. The van der Waals surface area contributed by atoms with Crippen LogP contribution in [0.3, 0.4) is 0 Å². The van der Waals surface area contributed by atoms with E-state index < -0.39 is 0 Å². The Hall–Kier alpha value is -0.960. The van der Waals surface area contributed by atoms with Crippen molar-refractivity contribution in [3.63, 3.8) is 0 Å². The SMILES string of the molecule is CCNC(c1ccncn1)C1CC1. The summed E-state index contributed by atoms with van der Waals surface area (Å²) < 4.78 is 0. The van der Waals surface area contributed by atoms with Crippen LogP contribution in [0.4, 0.5) is 0 Å². The van der Waals surface area contributed by atoms with Crippen molar-refractivity contribution >= 4 is 0 Å². The molecule has 70 valence electrons. The largest absolute Gasteiger partial charge is 0.309 e. The van der Waals surface area contributed by atoms with E-state index in [1.54, 1.807) is 6.33 Å². The van der Waals surface area contributed by atoms with Gasteiger partial charge in [-0.05, 0) is 31.4 Å². The summed E-state index contributed by atoms with van der Waals surface area (Å²) in [6, 6.07) is 2.46. The van der Waals surface area contributed by atoms with Crippen LogP contribution in [-0.2, 0) is 0 Å². The van der Waals surface area contributed by atoms with Gasteiger partial charge in [-0.2, -0.15) is 0 Å². The summed E-state index contributed by atoms with van der Waals surface area (Å²) in [5.41, 5.74) is 1.14. The fourth-order valence-corrected chi connectivity index (χ4v) is 1.65. The molecular weight excluding hydrogens is 162 g/mol. The second kappa shape index (κ2) is 3.83. The molecule has 1 unspecified atom stereocenters. The van der Waals surface area contributed by atoms with E-state index in [-0.39, 0.29) is 0 Å². The zero-order chi connectivity index (χ0) is 9.10. The number of nitrogens with one attached hydrogen (secondary N) is 1. The molecular formula is C10H15N3. The molecule has 1 aliphatic rings. The van der Waals surface area contributed by atoms with Crippen molar-refractivity contribution in [1.29, 1.82) is 0 Å². The van der Waals surface area contributed by atoms with Crippen LogP contribution in [0.15, 0.2) is 18.6 Å². The Kier molecular flexibility index (Phi) is 2.54. The standard InChI is InChI=1S/C10H15N3/c1-2-12-10(8-3-4-8)9-5-6-11-7-13-9/h5-8,10,12H,2-4H2,1H3. The Morgan fingerprint density at radius 1 is 1.62 bits per heavy atom. The first-order chi connectivity index (χ1) is 6.42. The van der Waals surface area contributed by atoms with Crippen molar-refractivity contribution in [2.24, 2.45) is 5.92 Å². The molecule has 1 fully saturated rings. The highest BCUT2D eigenvalue weighted by Gasteiger charge is 2.32. The molecule has 3 heteroatoms. The van der Waals surface area contributed by atoms with Crippen molar-refractivity contribution in [3.8, 4) is 0 Å². The van der Waals surface area contributed by atoms with Crippen molar-refractivity contribution < 1.29 is 0 Å². The molecule has 0 spiro atoms. The monoisotopic (exact) mass is 177 g/mol. The fraction of sp³-hybridized carbons (Fsp3) is 0.600. The zero-order valence-corrected chi connectivity index (χ0v) is 7.90. The molecule has 1 heterocycles. The van der Waals surface area contributed by atoms with Gasteiger partial charge in [0.1, 0.15) is 6.33 Å². The van der Waals surface area contributed by atoms with Crippen LogP contribution < -0.4 is 5.32 Å². The lowest BCUT2D eigenvalue weighted by molar-refractivity contribution is 0.484. The third-order valence-corrected chi connectivity index (χ3v) is 2.44. The molecule has 0 aromatic carbocycles. The van der Waals surface area contributed by atoms with E-state index in [1.165, 1.54) is 12.8 Å². The molecule has 1 aliphatic carbocycles. The molecule has 2 rings (SSSR count). The predicted molar refractivity (Wildman–Crippen MR) is 51.2 cm³/mol. The second-order valence-electron chi connectivity index (χ2n) is 3.51. The maximum atomic E-state index is 4.29. The number of aromatic nitrogens is 2. The highest BCUT2D eigenvalue weighted by Crippen LogP contribution is 2.40. The lowest BCUT2D eigenvalue weighted by Crippen LogP contribution is -2.23. The smallest absolute Gasteiger partial charge is 0.115 e.